The van der Waals surface area contributed by atoms with Gasteiger partial charge in [-0.3, -0.25) is 0 Å². The average Bonchev–Trinajstić information content (AvgIpc) is 2.87. The van der Waals surface area contributed by atoms with Crippen LogP contribution in [0, 0.1) is 11.3 Å². The first kappa shape index (κ1) is 13.9. The van der Waals surface area contributed by atoms with Crippen LogP contribution in [-0.2, 0) is 13.0 Å². The second-order valence-electron chi connectivity index (χ2n) is 5.21. The summed E-state index contributed by atoms with van der Waals surface area (Å²) in [5, 5.41) is 9.37. The highest BCUT2D eigenvalue weighted by molar-refractivity contribution is 6.31. The molecule has 0 radical (unpaired) electrons. The molecule has 0 saturated carbocycles. The van der Waals surface area contributed by atoms with Gasteiger partial charge in [0, 0.05) is 16.6 Å². The molecule has 2 aromatic carbocycles. The van der Waals surface area contributed by atoms with Gasteiger partial charge in [-0.15, -0.1) is 0 Å². The van der Waals surface area contributed by atoms with E-state index in [4.69, 9.17) is 27.3 Å². The minimum absolute atomic E-state index is 0.155. The molecule has 106 valence electrons. The fourth-order valence-corrected chi connectivity index (χ4v) is 2.85. The predicted molar refractivity (Wildman–Crippen MR) is 82.2 cm³/mol. The van der Waals surface area contributed by atoms with Gasteiger partial charge in [0.15, 0.2) is 0 Å². The monoisotopic (exact) mass is 298 g/mol. The maximum atomic E-state index is 8.82. The number of nitrogens with two attached hydrogens (primary N) is 1. The zero-order valence-corrected chi connectivity index (χ0v) is 12.2. The second-order valence-corrected chi connectivity index (χ2v) is 5.62. The number of nitriles is 1. The smallest absolute Gasteiger partial charge is 0.120 e. The van der Waals surface area contributed by atoms with Crippen LogP contribution in [0.25, 0.3) is 0 Å². The lowest BCUT2D eigenvalue weighted by molar-refractivity contribution is 0.306. The quantitative estimate of drug-likeness (QED) is 0.939. The van der Waals surface area contributed by atoms with Crippen molar-refractivity contribution in [3.63, 3.8) is 0 Å². The Morgan fingerprint density at radius 2 is 2.14 bits per heavy atom. The van der Waals surface area contributed by atoms with Crippen molar-refractivity contribution in [1.82, 2.24) is 0 Å². The van der Waals surface area contributed by atoms with Gasteiger partial charge in [-0.05, 0) is 48.2 Å². The Balaban J connectivity index is 1.72. The van der Waals surface area contributed by atoms with Crippen molar-refractivity contribution in [3.8, 4) is 11.8 Å². The Bertz CT molecular complexity index is 721. The van der Waals surface area contributed by atoms with Crippen LogP contribution in [0.15, 0.2) is 36.4 Å². The molecule has 0 saturated heterocycles. The largest absolute Gasteiger partial charge is 0.489 e. The Hall–Kier alpha value is -2.02. The van der Waals surface area contributed by atoms with E-state index in [2.05, 4.69) is 12.1 Å². The maximum Gasteiger partial charge on any atom is 0.120 e. The Labute approximate surface area is 128 Å². The van der Waals surface area contributed by atoms with Crippen LogP contribution >= 0.6 is 11.6 Å². The van der Waals surface area contributed by atoms with Gasteiger partial charge >= 0.3 is 0 Å². The van der Waals surface area contributed by atoms with Crippen LogP contribution in [0.5, 0.6) is 5.75 Å². The van der Waals surface area contributed by atoms with E-state index >= 15 is 0 Å². The third kappa shape index (κ3) is 2.87. The minimum Gasteiger partial charge on any atom is -0.489 e. The number of fused-ring (bicyclic) bond motifs is 1. The van der Waals surface area contributed by atoms with E-state index in [1.807, 2.05) is 18.2 Å². The number of halogens is 1. The summed E-state index contributed by atoms with van der Waals surface area (Å²) in [5.74, 6) is 0.822. The van der Waals surface area contributed by atoms with Crippen molar-refractivity contribution in [2.45, 2.75) is 25.5 Å². The standard InChI is InChI=1S/C17H15ClN2O/c18-16-7-11(9-19)1-2-13(16)10-21-14-4-5-15-12(8-14)3-6-17(15)20/h1-2,4-5,7-8,17H,3,6,10,20H2/t17-/m1/s1. The molecule has 3 nitrogen and oxygen atoms in total. The lowest BCUT2D eigenvalue weighted by atomic mass is 10.1. The number of hydrogen-bond acceptors (Lipinski definition) is 3. The molecular weight excluding hydrogens is 284 g/mol. The van der Waals surface area contributed by atoms with E-state index in [0.717, 1.165) is 24.2 Å². The van der Waals surface area contributed by atoms with Crippen molar-refractivity contribution in [1.29, 1.82) is 5.26 Å². The van der Waals surface area contributed by atoms with E-state index in [0.29, 0.717) is 17.2 Å². The summed E-state index contributed by atoms with van der Waals surface area (Å²) < 4.78 is 5.80. The van der Waals surface area contributed by atoms with Gasteiger partial charge in [0.25, 0.3) is 0 Å². The van der Waals surface area contributed by atoms with Crippen LogP contribution < -0.4 is 10.5 Å². The normalized spacial score (nSPS) is 16.3. The van der Waals surface area contributed by atoms with Crippen LogP contribution in [0.4, 0.5) is 0 Å². The van der Waals surface area contributed by atoms with Gasteiger partial charge in [-0.2, -0.15) is 5.26 Å². The second kappa shape index (κ2) is 5.77. The topological polar surface area (TPSA) is 59.0 Å². The molecule has 3 rings (SSSR count). The van der Waals surface area contributed by atoms with Crippen molar-refractivity contribution in [2.24, 2.45) is 5.73 Å². The van der Waals surface area contributed by atoms with E-state index in [-0.39, 0.29) is 6.04 Å². The first-order chi connectivity index (χ1) is 10.2. The number of benzene rings is 2. The van der Waals surface area contributed by atoms with Gasteiger partial charge in [-0.1, -0.05) is 23.7 Å². The molecule has 0 heterocycles. The Morgan fingerprint density at radius 1 is 1.29 bits per heavy atom. The number of hydrogen-bond donors (Lipinski definition) is 1. The molecule has 1 aliphatic rings. The van der Waals surface area contributed by atoms with E-state index in [9.17, 15) is 0 Å². The number of nitrogens with zero attached hydrogens (tertiary/aromatic N) is 1. The van der Waals surface area contributed by atoms with Gasteiger partial charge in [0.1, 0.15) is 12.4 Å². The number of rotatable bonds is 3. The SMILES string of the molecule is N#Cc1ccc(COc2ccc3c(c2)CC[C@H]3N)c(Cl)c1. The summed E-state index contributed by atoms with van der Waals surface area (Å²) in [6.07, 6.45) is 2.01. The van der Waals surface area contributed by atoms with Crippen LogP contribution in [0.2, 0.25) is 5.02 Å². The van der Waals surface area contributed by atoms with Crippen molar-refractivity contribution < 1.29 is 4.74 Å². The number of ether oxygens (including phenoxy) is 1. The lowest BCUT2D eigenvalue weighted by Gasteiger charge is -2.10. The van der Waals surface area contributed by atoms with Crippen LogP contribution in [0.1, 0.15) is 34.7 Å². The van der Waals surface area contributed by atoms with Gasteiger partial charge < -0.3 is 10.5 Å². The summed E-state index contributed by atoms with van der Waals surface area (Å²) in [7, 11) is 0. The van der Waals surface area contributed by atoms with Crippen LogP contribution in [0.3, 0.4) is 0 Å². The highest BCUT2D eigenvalue weighted by atomic mass is 35.5. The minimum atomic E-state index is 0.155. The molecule has 0 aromatic heterocycles. The molecule has 0 unspecified atom stereocenters. The molecule has 0 bridgehead atoms. The zero-order chi connectivity index (χ0) is 14.8. The third-order valence-corrected chi connectivity index (χ3v) is 4.17. The Kier molecular flexibility index (Phi) is 3.83. The fraction of sp³-hybridized carbons (Fsp3) is 0.235. The number of aryl methyl sites for hydroxylation is 1. The van der Waals surface area contributed by atoms with Gasteiger partial charge in [0.2, 0.25) is 0 Å². The molecule has 0 aliphatic heterocycles. The average molecular weight is 299 g/mol. The molecule has 2 N–H and O–H groups in total. The first-order valence-corrected chi connectivity index (χ1v) is 7.25. The maximum absolute atomic E-state index is 8.82. The predicted octanol–water partition coefficient (Wildman–Crippen LogP) is 3.74. The zero-order valence-electron chi connectivity index (χ0n) is 11.5. The summed E-state index contributed by atoms with van der Waals surface area (Å²) in [5.41, 5.74) is 9.93. The molecule has 1 aliphatic carbocycles. The Morgan fingerprint density at radius 3 is 2.90 bits per heavy atom. The molecule has 0 amide bonds. The molecule has 2 aromatic rings. The van der Waals surface area contributed by atoms with E-state index < -0.39 is 0 Å². The summed E-state index contributed by atoms with van der Waals surface area (Å²) in [6, 6.07) is 13.5. The highest BCUT2D eigenvalue weighted by Gasteiger charge is 2.19. The van der Waals surface area contributed by atoms with Gasteiger partial charge in [-0.25, -0.2) is 0 Å². The van der Waals surface area contributed by atoms with Crippen LogP contribution in [-0.4, -0.2) is 0 Å². The molecule has 1 atom stereocenters. The van der Waals surface area contributed by atoms with Crippen molar-refractivity contribution in [2.75, 3.05) is 0 Å². The van der Waals surface area contributed by atoms with E-state index in [1.165, 1.54) is 11.1 Å². The van der Waals surface area contributed by atoms with Crippen molar-refractivity contribution >= 4 is 11.6 Å². The van der Waals surface area contributed by atoms with Crippen molar-refractivity contribution in [3.05, 3.63) is 63.7 Å². The molecule has 0 spiro atoms. The fourth-order valence-electron chi connectivity index (χ4n) is 2.61. The molecule has 21 heavy (non-hydrogen) atoms. The van der Waals surface area contributed by atoms with E-state index in [1.54, 1.807) is 12.1 Å². The highest BCUT2D eigenvalue weighted by Crippen LogP contribution is 2.32. The summed E-state index contributed by atoms with van der Waals surface area (Å²) in [4.78, 5) is 0. The third-order valence-electron chi connectivity index (χ3n) is 3.82. The molecule has 0 fully saturated rings. The summed E-state index contributed by atoms with van der Waals surface area (Å²) >= 11 is 6.14. The molecule has 4 heteroatoms. The molecular formula is C17H15ClN2O. The van der Waals surface area contributed by atoms with Gasteiger partial charge in [0.05, 0.1) is 11.6 Å². The lowest BCUT2D eigenvalue weighted by Crippen LogP contribution is -2.05. The first-order valence-electron chi connectivity index (χ1n) is 6.87. The summed E-state index contributed by atoms with van der Waals surface area (Å²) in [6.45, 7) is 0.384.